The van der Waals surface area contributed by atoms with Gasteiger partial charge < -0.3 is 5.32 Å². The molecule has 0 fully saturated rings. The van der Waals surface area contributed by atoms with Crippen LogP contribution in [0.25, 0.3) is 0 Å². The lowest BCUT2D eigenvalue weighted by Gasteiger charge is -2.23. The van der Waals surface area contributed by atoms with Gasteiger partial charge in [-0.15, -0.1) is 11.3 Å². The molecular formula is C19H14ClNO3S2. The summed E-state index contributed by atoms with van der Waals surface area (Å²) in [7, 11) is -3.75. The predicted octanol–water partition coefficient (Wildman–Crippen LogP) is 4.71. The number of halogens is 1. The Hall–Kier alpha value is -2.15. The number of benzene rings is 2. The van der Waals surface area contributed by atoms with Crippen LogP contribution < -0.4 is 5.32 Å². The Morgan fingerprint density at radius 1 is 1.04 bits per heavy atom. The minimum Gasteiger partial charge on any atom is -0.324 e. The van der Waals surface area contributed by atoms with Gasteiger partial charge in [0, 0.05) is 27.6 Å². The van der Waals surface area contributed by atoms with Crippen molar-refractivity contribution in [3.8, 4) is 0 Å². The third-order valence-electron chi connectivity index (χ3n) is 4.37. The fourth-order valence-electron chi connectivity index (χ4n) is 3.10. The smallest absolute Gasteiger partial charge is 0.225 e. The molecule has 1 N–H and O–H groups in total. The van der Waals surface area contributed by atoms with Gasteiger partial charge in [0.05, 0.1) is 10.6 Å². The molecule has 4 nitrogen and oxygen atoms in total. The van der Waals surface area contributed by atoms with Crippen LogP contribution in [0.3, 0.4) is 0 Å². The number of nitrogens with one attached hydrogen (secondary N) is 1. The molecule has 7 heteroatoms. The van der Waals surface area contributed by atoms with Crippen molar-refractivity contribution in [1.82, 2.24) is 0 Å². The Morgan fingerprint density at radius 3 is 2.42 bits per heavy atom. The summed E-state index contributed by atoms with van der Waals surface area (Å²) in [5, 5.41) is 4.84. The number of amides is 1. The van der Waals surface area contributed by atoms with Gasteiger partial charge in [-0.2, -0.15) is 0 Å². The summed E-state index contributed by atoms with van der Waals surface area (Å²) in [6.45, 7) is 0. The minimum absolute atomic E-state index is 0.133. The van der Waals surface area contributed by atoms with Crippen molar-refractivity contribution in [2.45, 2.75) is 22.1 Å². The molecule has 2 heterocycles. The van der Waals surface area contributed by atoms with Crippen LogP contribution in [-0.2, 0) is 14.6 Å². The topological polar surface area (TPSA) is 63.2 Å². The Bertz CT molecular complexity index is 1070. The summed E-state index contributed by atoms with van der Waals surface area (Å²) < 4.78 is 26.1. The van der Waals surface area contributed by atoms with E-state index >= 15 is 0 Å². The molecule has 0 bridgehead atoms. The van der Waals surface area contributed by atoms with E-state index in [0.717, 1.165) is 10.4 Å². The molecule has 4 rings (SSSR count). The lowest BCUT2D eigenvalue weighted by atomic mass is 9.91. The average molecular weight is 404 g/mol. The number of anilines is 1. The first-order valence-corrected chi connectivity index (χ1v) is 10.7. The molecule has 0 spiro atoms. The molecule has 1 aromatic heterocycles. The summed E-state index contributed by atoms with van der Waals surface area (Å²) >= 11 is 7.22. The molecule has 0 radical (unpaired) electrons. The first-order chi connectivity index (χ1) is 12.5. The van der Waals surface area contributed by atoms with Gasteiger partial charge in [0.2, 0.25) is 15.7 Å². The zero-order chi connectivity index (χ0) is 18.3. The van der Waals surface area contributed by atoms with Gasteiger partial charge in [-0.3, -0.25) is 4.79 Å². The summed E-state index contributed by atoms with van der Waals surface area (Å²) in [6.07, 6.45) is 0.304. The number of fused-ring (bicyclic) bond motifs is 1. The van der Waals surface area contributed by atoms with E-state index in [1.807, 2.05) is 30.3 Å². The predicted molar refractivity (Wildman–Crippen MR) is 103 cm³/mol. The van der Waals surface area contributed by atoms with Crippen molar-refractivity contribution in [3.63, 3.8) is 0 Å². The number of hydrogen-bond acceptors (Lipinski definition) is 4. The van der Waals surface area contributed by atoms with E-state index in [4.69, 9.17) is 11.6 Å². The first-order valence-electron chi connectivity index (χ1n) is 7.93. The van der Waals surface area contributed by atoms with Gasteiger partial charge in [-0.05, 0) is 29.8 Å². The SMILES string of the molecule is O=C1C[C@H](c2ccccc2)c2scc(S(=O)(=O)c3ccc(Cl)cc3)c2N1. The second-order valence-corrected chi connectivity index (χ2v) is 9.28. The van der Waals surface area contributed by atoms with Crippen LogP contribution >= 0.6 is 22.9 Å². The Balaban J connectivity index is 1.83. The van der Waals surface area contributed by atoms with Crippen LogP contribution in [0.5, 0.6) is 0 Å². The number of carbonyl (C=O) groups excluding carboxylic acids is 1. The molecule has 1 aliphatic heterocycles. The van der Waals surface area contributed by atoms with E-state index in [-0.39, 0.29) is 21.6 Å². The van der Waals surface area contributed by atoms with E-state index in [0.29, 0.717) is 17.1 Å². The van der Waals surface area contributed by atoms with Gasteiger partial charge >= 0.3 is 0 Å². The largest absolute Gasteiger partial charge is 0.324 e. The van der Waals surface area contributed by atoms with Crippen molar-refractivity contribution < 1.29 is 13.2 Å². The van der Waals surface area contributed by atoms with Crippen LogP contribution in [-0.4, -0.2) is 14.3 Å². The van der Waals surface area contributed by atoms with Crippen molar-refractivity contribution in [3.05, 3.63) is 75.4 Å². The molecule has 0 saturated heterocycles. The molecule has 0 unspecified atom stereocenters. The third-order valence-corrected chi connectivity index (χ3v) is 7.66. The molecule has 1 aliphatic rings. The molecule has 1 atom stereocenters. The van der Waals surface area contributed by atoms with E-state index in [9.17, 15) is 13.2 Å². The fraction of sp³-hybridized carbons (Fsp3) is 0.105. The van der Waals surface area contributed by atoms with Crippen LogP contribution in [0, 0.1) is 0 Å². The van der Waals surface area contributed by atoms with Gasteiger partial charge in [0.25, 0.3) is 0 Å². The van der Waals surface area contributed by atoms with E-state index in [1.165, 1.54) is 23.5 Å². The summed E-state index contributed by atoms with van der Waals surface area (Å²) in [5.41, 5.74) is 1.40. The highest BCUT2D eigenvalue weighted by atomic mass is 35.5. The Kier molecular flexibility index (Phi) is 4.34. The van der Waals surface area contributed by atoms with E-state index in [1.54, 1.807) is 17.5 Å². The van der Waals surface area contributed by atoms with Crippen molar-refractivity contribution in [2.75, 3.05) is 5.32 Å². The number of carbonyl (C=O) groups is 1. The van der Waals surface area contributed by atoms with Gasteiger partial charge in [-0.1, -0.05) is 41.9 Å². The van der Waals surface area contributed by atoms with Crippen LogP contribution in [0.2, 0.25) is 5.02 Å². The number of hydrogen-bond donors (Lipinski definition) is 1. The standard InChI is InChI=1S/C19H14ClNO3S2/c20-13-6-8-14(9-7-13)26(23,24)16-11-25-19-15(10-17(22)21-18(16)19)12-4-2-1-3-5-12/h1-9,11,15H,10H2,(H,21,22)/t15-/m1/s1. The highest BCUT2D eigenvalue weighted by Crippen LogP contribution is 2.45. The maximum absolute atomic E-state index is 13.0. The van der Waals surface area contributed by atoms with E-state index in [2.05, 4.69) is 5.32 Å². The lowest BCUT2D eigenvalue weighted by Crippen LogP contribution is -2.23. The van der Waals surface area contributed by atoms with Crippen molar-refractivity contribution >= 4 is 44.4 Å². The van der Waals surface area contributed by atoms with Crippen LogP contribution in [0.1, 0.15) is 22.8 Å². The molecule has 0 aliphatic carbocycles. The zero-order valence-electron chi connectivity index (χ0n) is 13.5. The fourth-order valence-corrected chi connectivity index (χ4v) is 6.13. The average Bonchev–Trinajstić information content (AvgIpc) is 3.06. The number of thiophene rings is 1. The highest BCUT2D eigenvalue weighted by Gasteiger charge is 2.34. The molecule has 3 aromatic rings. The monoisotopic (exact) mass is 403 g/mol. The number of rotatable bonds is 3. The zero-order valence-corrected chi connectivity index (χ0v) is 15.9. The van der Waals surface area contributed by atoms with Crippen molar-refractivity contribution in [2.24, 2.45) is 0 Å². The van der Waals surface area contributed by atoms with Gasteiger partial charge in [-0.25, -0.2) is 8.42 Å². The number of sulfone groups is 1. The van der Waals surface area contributed by atoms with Gasteiger partial charge in [0.15, 0.2) is 0 Å². The molecular weight excluding hydrogens is 390 g/mol. The summed E-state index contributed by atoms with van der Waals surface area (Å²) in [5.74, 6) is -0.323. The summed E-state index contributed by atoms with van der Waals surface area (Å²) in [6, 6.07) is 15.7. The molecule has 2 aromatic carbocycles. The van der Waals surface area contributed by atoms with Gasteiger partial charge in [0.1, 0.15) is 4.90 Å². The Labute approximate surface area is 160 Å². The van der Waals surface area contributed by atoms with Crippen LogP contribution in [0.15, 0.2) is 69.8 Å². The molecule has 132 valence electrons. The van der Waals surface area contributed by atoms with Crippen LogP contribution in [0.4, 0.5) is 5.69 Å². The maximum Gasteiger partial charge on any atom is 0.225 e. The minimum atomic E-state index is -3.75. The third kappa shape index (κ3) is 2.94. The molecule has 0 saturated carbocycles. The maximum atomic E-state index is 13.0. The van der Waals surface area contributed by atoms with Crippen molar-refractivity contribution in [1.29, 1.82) is 0 Å². The normalized spacial score (nSPS) is 16.8. The molecule has 1 amide bonds. The lowest BCUT2D eigenvalue weighted by molar-refractivity contribution is -0.116. The van der Waals surface area contributed by atoms with E-state index < -0.39 is 9.84 Å². The second-order valence-electron chi connectivity index (χ2n) is 6.01. The quantitative estimate of drug-likeness (QED) is 0.688. The summed E-state index contributed by atoms with van der Waals surface area (Å²) in [4.78, 5) is 13.4. The highest BCUT2D eigenvalue weighted by molar-refractivity contribution is 7.91. The first kappa shape index (κ1) is 17.3. The Morgan fingerprint density at radius 2 is 1.73 bits per heavy atom. The molecule has 26 heavy (non-hydrogen) atoms. The second kappa shape index (κ2) is 6.54.